The predicted octanol–water partition coefficient (Wildman–Crippen LogP) is 4.87. The molecule has 2 aromatic rings. The number of ether oxygens (including phenoxy) is 3. The third kappa shape index (κ3) is 6.41. The molecule has 2 heterocycles. The molecule has 1 amide bonds. The number of carbonyl (C=O) groups excluding carboxylic acids is 2. The van der Waals surface area contributed by atoms with Gasteiger partial charge in [-0.1, -0.05) is 68.2 Å². The highest BCUT2D eigenvalue weighted by Gasteiger charge is 2.45. The number of halogens is 2. The Hall–Kier alpha value is -3.11. The molecule has 2 unspecified atom stereocenters. The Balaban J connectivity index is 1.62. The maximum absolute atomic E-state index is 14.1. The molecule has 2 aromatic carbocycles. The number of nitrogens with zero attached hydrogens (tertiary/aromatic N) is 3. The second-order valence-electron chi connectivity index (χ2n) is 11.3. The van der Waals surface area contributed by atoms with Crippen LogP contribution < -0.4 is 5.73 Å². The van der Waals surface area contributed by atoms with Gasteiger partial charge in [-0.15, -0.1) is 0 Å². The van der Waals surface area contributed by atoms with Crippen molar-refractivity contribution >= 4 is 41.3 Å². The van der Waals surface area contributed by atoms with Crippen LogP contribution in [0.1, 0.15) is 55.4 Å². The lowest BCUT2D eigenvalue weighted by Gasteiger charge is -2.45. The van der Waals surface area contributed by atoms with Gasteiger partial charge >= 0.3 is 5.97 Å². The molecule has 43 heavy (non-hydrogen) atoms. The van der Waals surface area contributed by atoms with Crippen molar-refractivity contribution in [1.82, 2.24) is 9.91 Å². The van der Waals surface area contributed by atoms with Gasteiger partial charge in [0.2, 0.25) is 6.79 Å². The maximum Gasteiger partial charge on any atom is 0.326 e. The summed E-state index contributed by atoms with van der Waals surface area (Å²) in [6.45, 7) is 6.47. The Bertz CT molecular complexity index is 1370. The number of fused-ring (bicyclic) bond motifs is 3. The summed E-state index contributed by atoms with van der Waals surface area (Å²) in [6.07, 6.45) is 3.90. The van der Waals surface area contributed by atoms with E-state index in [4.69, 9.17) is 48.2 Å². The minimum Gasteiger partial charge on any atom is -0.457 e. The molecule has 1 aliphatic carbocycles. The van der Waals surface area contributed by atoms with E-state index < -0.39 is 18.8 Å². The molecule has 0 spiro atoms. The van der Waals surface area contributed by atoms with Crippen molar-refractivity contribution in [2.45, 2.75) is 58.0 Å². The molecular formula is C32H38Cl2N4O5. The van der Waals surface area contributed by atoms with E-state index in [2.05, 4.69) is 12.1 Å². The van der Waals surface area contributed by atoms with E-state index >= 15 is 0 Å². The van der Waals surface area contributed by atoms with Crippen LogP contribution in [0.5, 0.6) is 0 Å². The molecule has 11 heteroatoms. The molecule has 2 atom stereocenters. The lowest BCUT2D eigenvalue weighted by molar-refractivity contribution is -0.157. The fraction of sp³-hybridized carbons (Fsp3) is 0.469. The number of rotatable bonds is 8. The third-order valence-corrected chi connectivity index (χ3v) is 8.95. The zero-order valence-electron chi connectivity index (χ0n) is 24.7. The number of hydrazone groups is 1. The molecule has 2 aliphatic heterocycles. The van der Waals surface area contributed by atoms with Crippen LogP contribution in [0.25, 0.3) is 0 Å². The van der Waals surface area contributed by atoms with Crippen LogP contribution in [0.2, 0.25) is 10.0 Å². The molecule has 9 nitrogen and oxygen atoms in total. The molecule has 5 rings (SSSR count). The number of hydrogen-bond donors (Lipinski definition) is 1. The second kappa shape index (κ2) is 13.7. The second-order valence-corrected chi connectivity index (χ2v) is 12.2. The Kier molecular flexibility index (Phi) is 9.96. The van der Waals surface area contributed by atoms with E-state index in [9.17, 15) is 9.59 Å². The molecule has 1 saturated heterocycles. The summed E-state index contributed by atoms with van der Waals surface area (Å²) in [5, 5.41) is 7.95. The molecule has 1 fully saturated rings. The van der Waals surface area contributed by atoms with Crippen molar-refractivity contribution in [2.24, 2.45) is 16.8 Å². The Morgan fingerprint density at radius 1 is 1.12 bits per heavy atom. The summed E-state index contributed by atoms with van der Waals surface area (Å²) in [5.74, 6) is -0.882. The first kappa shape index (κ1) is 31.3. The zero-order chi connectivity index (χ0) is 30.7. The number of hydrogen-bond acceptors (Lipinski definition) is 8. The molecule has 2 N–H and O–H groups in total. The van der Waals surface area contributed by atoms with Gasteiger partial charge in [0.1, 0.15) is 12.6 Å². The molecule has 0 bridgehead atoms. The highest BCUT2D eigenvalue weighted by atomic mass is 35.5. The minimum absolute atomic E-state index is 0.000437. The van der Waals surface area contributed by atoms with E-state index in [1.807, 2.05) is 49.9 Å². The predicted molar refractivity (Wildman–Crippen MR) is 166 cm³/mol. The molecular weight excluding hydrogens is 591 g/mol. The summed E-state index contributed by atoms with van der Waals surface area (Å²) in [5.41, 5.74) is 10.5. The molecule has 0 aromatic heterocycles. The number of amides is 1. The van der Waals surface area contributed by atoms with Crippen molar-refractivity contribution in [3.63, 3.8) is 0 Å². The lowest BCUT2D eigenvalue weighted by Crippen LogP contribution is -2.56. The third-order valence-electron chi connectivity index (χ3n) is 8.24. The zero-order valence-corrected chi connectivity index (χ0v) is 26.2. The van der Waals surface area contributed by atoms with E-state index in [-0.39, 0.29) is 48.5 Å². The fourth-order valence-electron chi connectivity index (χ4n) is 6.02. The summed E-state index contributed by atoms with van der Waals surface area (Å²) >= 11 is 13.6. The first-order valence-electron chi connectivity index (χ1n) is 14.7. The normalized spacial score (nSPS) is 22.1. The largest absolute Gasteiger partial charge is 0.457 e. The van der Waals surface area contributed by atoms with Gasteiger partial charge in [0.05, 0.1) is 18.9 Å². The van der Waals surface area contributed by atoms with Gasteiger partial charge in [-0.05, 0) is 59.6 Å². The standard InChI is InChI=1S/C32H38Cl2N4O5/c1-4-14-37-16-26(28-22-7-5-9-24(33)20(22)11-12-21-23(28)8-6-10-25(21)34)38-30(31(37)39)27(17-41-15-13-36-38)42-18-43-32(40)29(35)19(2)3/h5-10,13,19,26,28-29H,4,11-12,14-18,35H2,1-3H3/b30-27+,36-13-. The van der Waals surface area contributed by atoms with Crippen LogP contribution in [-0.4, -0.2) is 73.2 Å². The average Bonchev–Trinajstić information content (AvgIpc) is 3.14. The molecule has 0 radical (unpaired) electrons. The Morgan fingerprint density at radius 3 is 2.37 bits per heavy atom. The van der Waals surface area contributed by atoms with E-state index in [0.29, 0.717) is 23.1 Å². The molecule has 230 valence electrons. The van der Waals surface area contributed by atoms with Crippen LogP contribution in [0.15, 0.2) is 53.0 Å². The van der Waals surface area contributed by atoms with Gasteiger partial charge in [0, 0.05) is 29.1 Å². The van der Waals surface area contributed by atoms with Crippen LogP contribution in [0, 0.1) is 5.92 Å². The van der Waals surface area contributed by atoms with Crippen molar-refractivity contribution in [3.8, 4) is 0 Å². The fourth-order valence-corrected chi connectivity index (χ4v) is 6.58. The molecule has 0 saturated carbocycles. The van der Waals surface area contributed by atoms with Gasteiger partial charge in [-0.2, -0.15) is 5.10 Å². The van der Waals surface area contributed by atoms with Crippen molar-refractivity contribution in [2.75, 3.05) is 33.1 Å². The van der Waals surface area contributed by atoms with E-state index in [0.717, 1.165) is 41.5 Å². The van der Waals surface area contributed by atoms with Gasteiger partial charge in [0.25, 0.3) is 5.91 Å². The molecule has 3 aliphatic rings. The van der Waals surface area contributed by atoms with Gasteiger partial charge < -0.3 is 24.8 Å². The van der Waals surface area contributed by atoms with Crippen molar-refractivity contribution < 1.29 is 23.8 Å². The van der Waals surface area contributed by atoms with Gasteiger partial charge in [-0.25, -0.2) is 0 Å². The lowest BCUT2D eigenvalue weighted by atomic mass is 9.81. The van der Waals surface area contributed by atoms with E-state index in [1.165, 1.54) is 0 Å². The Labute approximate surface area is 262 Å². The van der Waals surface area contributed by atoms with Gasteiger partial charge in [-0.3, -0.25) is 14.6 Å². The number of carbonyl (C=O) groups is 2. The highest BCUT2D eigenvalue weighted by molar-refractivity contribution is 6.32. The topological polar surface area (TPSA) is 107 Å². The van der Waals surface area contributed by atoms with Crippen LogP contribution in [-0.2, 0) is 36.6 Å². The van der Waals surface area contributed by atoms with Gasteiger partial charge in [0.15, 0.2) is 11.5 Å². The maximum atomic E-state index is 14.1. The Morgan fingerprint density at radius 2 is 1.77 bits per heavy atom. The number of esters is 1. The highest BCUT2D eigenvalue weighted by Crippen LogP contribution is 2.44. The first-order valence-corrected chi connectivity index (χ1v) is 15.5. The quantitative estimate of drug-likeness (QED) is 0.328. The smallest absolute Gasteiger partial charge is 0.326 e. The van der Waals surface area contributed by atoms with Crippen LogP contribution in [0.4, 0.5) is 0 Å². The van der Waals surface area contributed by atoms with Crippen LogP contribution >= 0.6 is 23.2 Å². The summed E-state index contributed by atoms with van der Waals surface area (Å²) < 4.78 is 17.0. The van der Waals surface area contributed by atoms with Crippen molar-refractivity contribution in [3.05, 3.63) is 80.2 Å². The average molecular weight is 630 g/mol. The summed E-state index contributed by atoms with van der Waals surface area (Å²) in [6, 6.07) is 10.9. The number of benzene rings is 2. The summed E-state index contributed by atoms with van der Waals surface area (Å²) in [4.78, 5) is 28.3. The minimum atomic E-state index is -0.786. The monoisotopic (exact) mass is 628 g/mol. The SMILES string of the molecule is CCCN1CC(C2c3cccc(Cl)c3CCc3c(Cl)cccc32)N2/N=C\COC/C(OCOC(=O)C(N)C(C)C)=C\2C1=O. The number of nitrogens with two attached hydrogens (primary N) is 1. The first-order chi connectivity index (χ1) is 20.7. The van der Waals surface area contributed by atoms with E-state index in [1.54, 1.807) is 11.2 Å². The van der Waals surface area contributed by atoms with Crippen molar-refractivity contribution in [1.29, 1.82) is 0 Å². The summed E-state index contributed by atoms with van der Waals surface area (Å²) in [7, 11) is 0. The van der Waals surface area contributed by atoms with Crippen LogP contribution in [0.3, 0.4) is 0 Å². The number of piperazine rings is 1.